The van der Waals surface area contributed by atoms with Crippen LogP contribution in [-0.2, 0) is 9.53 Å². The van der Waals surface area contributed by atoms with Gasteiger partial charge in [0.25, 0.3) is 0 Å². The lowest BCUT2D eigenvalue weighted by Gasteiger charge is -2.06. The Bertz CT molecular complexity index is 358. The maximum Gasteiger partial charge on any atom is 0.220 e. The zero-order chi connectivity index (χ0) is 19.1. The van der Waals surface area contributed by atoms with Crippen molar-refractivity contribution in [1.29, 1.82) is 0 Å². The largest absolute Gasteiger partial charge is 0.379 e. The van der Waals surface area contributed by atoms with Gasteiger partial charge in [-0.3, -0.25) is 4.79 Å². The number of hydrogen-bond donors (Lipinski definition) is 1. The second-order valence-corrected chi connectivity index (χ2v) is 6.91. The molecule has 0 aromatic rings. The van der Waals surface area contributed by atoms with Crippen molar-refractivity contribution in [2.45, 2.75) is 96.8 Å². The maximum absolute atomic E-state index is 11.6. The predicted octanol–water partition coefficient (Wildman–Crippen LogP) is 5.91. The molecular weight excluding hydrogens is 328 g/mol. The van der Waals surface area contributed by atoms with E-state index in [2.05, 4.69) is 22.3 Å². The second-order valence-electron chi connectivity index (χ2n) is 6.91. The lowest BCUT2D eigenvalue weighted by Crippen LogP contribution is -2.27. The van der Waals surface area contributed by atoms with Gasteiger partial charge in [0.15, 0.2) is 0 Å². The van der Waals surface area contributed by atoms with Gasteiger partial charge in [-0.25, -0.2) is 0 Å². The first-order valence-electron chi connectivity index (χ1n) is 10.7. The summed E-state index contributed by atoms with van der Waals surface area (Å²) >= 11 is 0. The zero-order valence-corrected chi connectivity index (χ0v) is 16.9. The summed E-state index contributed by atoms with van der Waals surface area (Å²) in [6, 6.07) is 0. The quantitative estimate of drug-likeness (QED) is 0.125. The summed E-state index contributed by atoms with van der Waals surface area (Å²) in [4.78, 5) is 14.3. The highest BCUT2D eigenvalue weighted by atomic mass is 16.5. The molecule has 0 rings (SSSR count). The summed E-state index contributed by atoms with van der Waals surface area (Å²) in [7, 11) is 0. The van der Waals surface area contributed by atoms with E-state index in [-0.39, 0.29) is 5.91 Å². The molecule has 0 heterocycles. The molecule has 6 nitrogen and oxygen atoms in total. The maximum atomic E-state index is 11.6. The van der Waals surface area contributed by atoms with Crippen molar-refractivity contribution in [2.24, 2.45) is 5.11 Å². The van der Waals surface area contributed by atoms with Crippen LogP contribution >= 0.6 is 0 Å². The molecule has 26 heavy (non-hydrogen) atoms. The first kappa shape index (κ1) is 24.7. The van der Waals surface area contributed by atoms with Crippen molar-refractivity contribution in [2.75, 3.05) is 26.3 Å². The van der Waals surface area contributed by atoms with Gasteiger partial charge in [-0.2, -0.15) is 0 Å². The molecule has 1 amide bonds. The first-order valence-corrected chi connectivity index (χ1v) is 10.7. The van der Waals surface area contributed by atoms with E-state index in [1.54, 1.807) is 0 Å². The third-order valence-electron chi connectivity index (χ3n) is 4.47. The van der Waals surface area contributed by atoms with Crippen LogP contribution in [0.25, 0.3) is 10.4 Å². The number of azide groups is 1. The fourth-order valence-electron chi connectivity index (χ4n) is 2.91. The second kappa shape index (κ2) is 21.8. The van der Waals surface area contributed by atoms with Gasteiger partial charge in [-0.05, 0) is 12.0 Å². The zero-order valence-electron chi connectivity index (χ0n) is 16.9. The third kappa shape index (κ3) is 20.8. The van der Waals surface area contributed by atoms with Gasteiger partial charge in [0.2, 0.25) is 5.91 Å². The lowest BCUT2D eigenvalue weighted by atomic mass is 10.0. The molecule has 0 unspecified atom stereocenters. The highest BCUT2D eigenvalue weighted by Crippen LogP contribution is 2.12. The average Bonchev–Trinajstić information content (AvgIpc) is 2.64. The standard InChI is InChI=1S/C20H40N4O2/c1-2-3-4-5-6-7-8-9-10-11-12-13-14-15-20(25)22-16-18-26-19-17-23-24-21/h2-19H2,1H3,(H,22,25). The Morgan fingerprint density at radius 3 is 1.96 bits per heavy atom. The van der Waals surface area contributed by atoms with Gasteiger partial charge in [-0.15, -0.1) is 0 Å². The van der Waals surface area contributed by atoms with Gasteiger partial charge in [0.1, 0.15) is 0 Å². The number of hydrogen-bond acceptors (Lipinski definition) is 3. The number of carbonyl (C=O) groups is 1. The molecule has 0 saturated heterocycles. The lowest BCUT2D eigenvalue weighted by molar-refractivity contribution is -0.121. The van der Waals surface area contributed by atoms with E-state index in [9.17, 15) is 4.79 Å². The molecule has 0 saturated carbocycles. The topological polar surface area (TPSA) is 87.1 Å². The molecule has 152 valence electrons. The number of unbranched alkanes of at least 4 members (excludes halogenated alkanes) is 12. The molecule has 6 heteroatoms. The number of nitrogens with zero attached hydrogens (tertiary/aromatic N) is 3. The highest BCUT2D eigenvalue weighted by Gasteiger charge is 2.00. The number of nitrogens with one attached hydrogen (secondary N) is 1. The molecule has 0 spiro atoms. The van der Waals surface area contributed by atoms with Crippen molar-refractivity contribution >= 4 is 5.91 Å². The Morgan fingerprint density at radius 2 is 1.42 bits per heavy atom. The number of amides is 1. The Balaban J connectivity index is 3.15. The van der Waals surface area contributed by atoms with Crippen LogP contribution in [0.1, 0.15) is 96.8 Å². The molecule has 0 atom stereocenters. The van der Waals surface area contributed by atoms with Gasteiger partial charge in [-0.1, -0.05) is 89.1 Å². The van der Waals surface area contributed by atoms with Crippen molar-refractivity contribution < 1.29 is 9.53 Å². The van der Waals surface area contributed by atoms with Gasteiger partial charge < -0.3 is 10.1 Å². The van der Waals surface area contributed by atoms with E-state index in [1.807, 2.05) is 0 Å². The highest BCUT2D eigenvalue weighted by molar-refractivity contribution is 5.75. The molecule has 0 radical (unpaired) electrons. The minimum Gasteiger partial charge on any atom is -0.379 e. The molecule has 0 aromatic heterocycles. The van der Waals surface area contributed by atoms with Crippen LogP contribution in [0.3, 0.4) is 0 Å². The van der Waals surface area contributed by atoms with Crippen molar-refractivity contribution in [3.8, 4) is 0 Å². The van der Waals surface area contributed by atoms with E-state index in [0.29, 0.717) is 32.7 Å². The van der Waals surface area contributed by atoms with E-state index >= 15 is 0 Å². The van der Waals surface area contributed by atoms with Crippen LogP contribution in [0.2, 0.25) is 0 Å². The van der Waals surface area contributed by atoms with Gasteiger partial charge in [0, 0.05) is 24.4 Å². The third-order valence-corrected chi connectivity index (χ3v) is 4.47. The predicted molar refractivity (Wildman–Crippen MR) is 108 cm³/mol. The number of carbonyl (C=O) groups excluding carboxylic acids is 1. The van der Waals surface area contributed by atoms with Crippen LogP contribution in [0, 0.1) is 0 Å². The van der Waals surface area contributed by atoms with E-state index in [0.717, 1.165) is 12.8 Å². The smallest absolute Gasteiger partial charge is 0.220 e. The van der Waals surface area contributed by atoms with Crippen molar-refractivity contribution in [3.63, 3.8) is 0 Å². The van der Waals surface area contributed by atoms with Gasteiger partial charge >= 0.3 is 0 Å². The summed E-state index contributed by atoms with van der Waals surface area (Å²) in [6.07, 6.45) is 17.7. The summed E-state index contributed by atoms with van der Waals surface area (Å²) < 4.78 is 5.23. The van der Waals surface area contributed by atoms with Crippen LogP contribution in [0.4, 0.5) is 0 Å². The minimum absolute atomic E-state index is 0.103. The number of ether oxygens (including phenoxy) is 1. The van der Waals surface area contributed by atoms with Crippen LogP contribution in [0.15, 0.2) is 5.11 Å². The monoisotopic (exact) mass is 368 g/mol. The van der Waals surface area contributed by atoms with Crippen LogP contribution < -0.4 is 5.32 Å². The molecule has 0 aliphatic carbocycles. The minimum atomic E-state index is 0.103. The fraction of sp³-hybridized carbons (Fsp3) is 0.950. The average molecular weight is 369 g/mol. The Labute approximate surface area is 160 Å². The molecule has 0 fully saturated rings. The molecule has 0 aliphatic heterocycles. The summed E-state index contributed by atoms with van der Waals surface area (Å²) in [5, 5.41) is 6.22. The van der Waals surface area contributed by atoms with Crippen molar-refractivity contribution in [3.05, 3.63) is 10.4 Å². The summed E-state index contributed by atoms with van der Waals surface area (Å²) in [5.41, 5.74) is 8.11. The number of rotatable bonds is 20. The van der Waals surface area contributed by atoms with Gasteiger partial charge in [0.05, 0.1) is 13.2 Å². The van der Waals surface area contributed by atoms with E-state index < -0.39 is 0 Å². The molecule has 0 aromatic carbocycles. The normalized spacial score (nSPS) is 10.5. The van der Waals surface area contributed by atoms with Crippen molar-refractivity contribution in [1.82, 2.24) is 5.32 Å². The van der Waals surface area contributed by atoms with Crippen LogP contribution in [-0.4, -0.2) is 32.2 Å². The SMILES string of the molecule is CCCCCCCCCCCCCCCC(=O)NCCOCCN=[N+]=[N-]. The Hall–Kier alpha value is -1.26. The molecule has 0 aliphatic rings. The first-order chi connectivity index (χ1) is 12.8. The fourth-order valence-corrected chi connectivity index (χ4v) is 2.91. The Kier molecular flexibility index (Phi) is 20.7. The van der Waals surface area contributed by atoms with E-state index in [1.165, 1.54) is 70.6 Å². The summed E-state index contributed by atoms with van der Waals surface area (Å²) in [6.45, 7) is 3.99. The molecule has 1 N–H and O–H groups in total. The molecular formula is C20H40N4O2. The summed E-state index contributed by atoms with van der Waals surface area (Å²) in [5.74, 6) is 0.103. The van der Waals surface area contributed by atoms with E-state index in [4.69, 9.17) is 10.3 Å². The van der Waals surface area contributed by atoms with Crippen LogP contribution in [0.5, 0.6) is 0 Å². The molecule has 0 bridgehead atoms. The Morgan fingerprint density at radius 1 is 0.885 bits per heavy atom.